The van der Waals surface area contributed by atoms with E-state index < -0.39 is 0 Å². The highest BCUT2D eigenvalue weighted by Crippen LogP contribution is 2.24. The van der Waals surface area contributed by atoms with Crippen LogP contribution in [0.2, 0.25) is 0 Å². The zero-order valence-corrected chi connectivity index (χ0v) is 11.2. The zero-order chi connectivity index (χ0) is 11.5. The normalized spacial score (nSPS) is 12.4. The predicted octanol–water partition coefficient (Wildman–Crippen LogP) is 3.22. The van der Waals surface area contributed by atoms with Gasteiger partial charge in [0.15, 0.2) is 0 Å². The van der Waals surface area contributed by atoms with Crippen LogP contribution in [-0.4, -0.2) is 11.5 Å². The fourth-order valence-corrected chi connectivity index (χ4v) is 1.82. The molecular formula is C12H22N2S. The summed E-state index contributed by atoms with van der Waals surface area (Å²) < 4.78 is 0. The summed E-state index contributed by atoms with van der Waals surface area (Å²) in [5.74, 6) is 0.696. The lowest BCUT2D eigenvalue weighted by atomic mass is 9.81. The van der Waals surface area contributed by atoms with Crippen molar-refractivity contribution in [2.75, 3.05) is 6.54 Å². The molecule has 1 aromatic heterocycles. The van der Waals surface area contributed by atoms with Gasteiger partial charge in [0.1, 0.15) is 0 Å². The fourth-order valence-electron chi connectivity index (χ4n) is 1.21. The van der Waals surface area contributed by atoms with Crippen molar-refractivity contribution >= 4 is 11.3 Å². The molecule has 0 unspecified atom stereocenters. The smallest absolute Gasteiger partial charge is 0.0897 e. The van der Waals surface area contributed by atoms with Gasteiger partial charge in [-0.05, 0) is 18.3 Å². The van der Waals surface area contributed by atoms with E-state index in [2.05, 4.69) is 43.4 Å². The maximum absolute atomic E-state index is 4.43. The Labute approximate surface area is 97.1 Å². The van der Waals surface area contributed by atoms with Crippen molar-refractivity contribution in [2.24, 2.45) is 11.3 Å². The van der Waals surface area contributed by atoms with Crippen molar-refractivity contribution in [3.63, 3.8) is 0 Å². The highest BCUT2D eigenvalue weighted by Gasteiger charge is 2.21. The van der Waals surface area contributed by atoms with Gasteiger partial charge in [-0.2, -0.15) is 0 Å². The highest BCUT2D eigenvalue weighted by atomic mass is 32.1. The van der Waals surface area contributed by atoms with Crippen LogP contribution in [0.3, 0.4) is 0 Å². The molecule has 86 valence electrons. The van der Waals surface area contributed by atoms with Gasteiger partial charge in [0.25, 0.3) is 0 Å². The third-order valence-electron chi connectivity index (χ3n) is 3.12. The third-order valence-corrected chi connectivity index (χ3v) is 3.94. The molecule has 1 aromatic rings. The lowest BCUT2D eigenvalue weighted by Crippen LogP contribution is -2.33. The molecule has 0 bridgehead atoms. The number of thiazole rings is 1. The number of nitrogens with zero attached hydrogens (tertiary/aromatic N) is 1. The van der Waals surface area contributed by atoms with Gasteiger partial charge in [-0.3, -0.25) is 0 Å². The van der Waals surface area contributed by atoms with Crippen LogP contribution in [0, 0.1) is 18.3 Å². The number of aryl methyl sites for hydroxylation is 1. The summed E-state index contributed by atoms with van der Waals surface area (Å²) in [5, 5.41) is 6.76. The molecule has 0 aromatic carbocycles. The maximum Gasteiger partial charge on any atom is 0.0897 e. The Morgan fingerprint density at radius 2 is 2.13 bits per heavy atom. The first kappa shape index (κ1) is 12.7. The molecule has 0 atom stereocenters. The molecule has 0 saturated carbocycles. The summed E-state index contributed by atoms with van der Waals surface area (Å²) in [7, 11) is 0. The van der Waals surface area contributed by atoms with Crippen molar-refractivity contribution in [2.45, 2.75) is 41.2 Å². The van der Waals surface area contributed by atoms with Gasteiger partial charge >= 0.3 is 0 Å². The van der Waals surface area contributed by atoms with E-state index in [9.17, 15) is 0 Å². The molecule has 0 aliphatic heterocycles. The van der Waals surface area contributed by atoms with Crippen LogP contribution >= 0.6 is 11.3 Å². The first-order valence-electron chi connectivity index (χ1n) is 5.53. The Morgan fingerprint density at radius 1 is 1.47 bits per heavy atom. The van der Waals surface area contributed by atoms with E-state index >= 15 is 0 Å². The monoisotopic (exact) mass is 226 g/mol. The van der Waals surface area contributed by atoms with Crippen molar-refractivity contribution in [3.8, 4) is 0 Å². The lowest BCUT2D eigenvalue weighted by Gasteiger charge is -2.29. The van der Waals surface area contributed by atoms with Crippen LogP contribution in [0.4, 0.5) is 0 Å². The lowest BCUT2D eigenvalue weighted by molar-refractivity contribution is 0.237. The Bertz CT molecular complexity index is 302. The maximum atomic E-state index is 4.43. The molecular weight excluding hydrogens is 204 g/mol. The van der Waals surface area contributed by atoms with E-state index in [4.69, 9.17) is 0 Å². The van der Waals surface area contributed by atoms with Gasteiger partial charge in [0.05, 0.1) is 10.7 Å². The molecule has 3 heteroatoms. The SMILES string of the molecule is Cc1nc(CNCC(C)(C)C(C)C)cs1. The quantitative estimate of drug-likeness (QED) is 0.834. The van der Waals surface area contributed by atoms with Crippen molar-refractivity contribution in [1.29, 1.82) is 0 Å². The Kier molecular flexibility index (Phi) is 4.29. The molecule has 1 N–H and O–H groups in total. The zero-order valence-electron chi connectivity index (χ0n) is 10.4. The fraction of sp³-hybridized carbons (Fsp3) is 0.750. The molecule has 15 heavy (non-hydrogen) atoms. The van der Waals surface area contributed by atoms with Crippen LogP contribution in [0.15, 0.2) is 5.38 Å². The molecule has 0 aliphatic rings. The van der Waals surface area contributed by atoms with Crippen LogP contribution in [0.1, 0.15) is 38.4 Å². The number of nitrogens with one attached hydrogen (secondary N) is 1. The van der Waals surface area contributed by atoms with Crippen LogP contribution in [0.25, 0.3) is 0 Å². The average molecular weight is 226 g/mol. The first-order valence-corrected chi connectivity index (χ1v) is 6.41. The molecule has 1 heterocycles. The number of aromatic nitrogens is 1. The van der Waals surface area contributed by atoms with Gasteiger partial charge in [-0.1, -0.05) is 27.7 Å². The largest absolute Gasteiger partial charge is 0.311 e. The Morgan fingerprint density at radius 3 is 2.60 bits per heavy atom. The summed E-state index contributed by atoms with van der Waals surface area (Å²) in [5.41, 5.74) is 1.52. The predicted molar refractivity (Wildman–Crippen MR) is 67.2 cm³/mol. The van der Waals surface area contributed by atoms with E-state index in [0.29, 0.717) is 11.3 Å². The van der Waals surface area contributed by atoms with E-state index in [1.807, 2.05) is 6.92 Å². The van der Waals surface area contributed by atoms with E-state index in [1.54, 1.807) is 11.3 Å². The first-order chi connectivity index (χ1) is 6.92. The minimum Gasteiger partial charge on any atom is -0.311 e. The molecule has 0 spiro atoms. The van der Waals surface area contributed by atoms with E-state index in [-0.39, 0.29) is 0 Å². The summed E-state index contributed by atoms with van der Waals surface area (Å²) in [6, 6.07) is 0. The second kappa shape index (κ2) is 5.08. The van der Waals surface area contributed by atoms with Gasteiger partial charge < -0.3 is 5.32 Å². The van der Waals surface area contributed by atoms with Crippen molar-refractivity contribution in [3.05, 3.63) is 16.1 Å². The second-order valence-corrected chi connectivity index (χ2v) is 6.17. The Hall–Kier alpha value is -0.410. The molecule has 0 radical (unpaired) electrons. The summed E-state index contributed by atoms with van der Waals surface area (Å²) in [6.45, 7) is 13.1. The molecule has 0 aliphatic carbocycles. The van der Waals surface area contributed by atoms with Gasteiger partial charge in [0.2, 0.25) is 0 Å². The second-order valence-electron chi connectivity index (χ2n) is 5.10. The standard InChI is InChI=1S/C12H22N2S/c1-9(2)12(4,5)8-13-6-11-7-15-10(3)14-11/h7,9,13H,6,8H2,1-5H3. The van der Waals surface area contributed by atoms with Gasteiger partial charge in [-0.25, -0.2) is 4.98 Å². The highest BCUT2D eigenvalue weighted by molar-refractivity contribution is 7.09. The number of hydrogen-bond acceptors (Lipinski definition) is 3. The molecule has 2 nitrogen and oxygen atoms in total. The van der Waals surface area contributed by atoms with Gasteiger partial charge in [-0.15, -0.1) is 11.3 Å². The van der Waals surface area contributed by atoms with Crippen LogP contribution < -0.4 is 5.32 Å². The summed E-state index contributed by atoms with van der Waals surface area (Å²) in [6.07, 6.45) is 0. The van der Waals surface area contributed by atoms with E-state index in [0.717, 1.165) is 23.8 Å². The summed E-state index contributed by atoms with van der Waals surface area (Å²) >= 11 is 1.72. The minimum absolute atomic E-state index is 0.352. The van der Waals surface area contributed by atoms with Crippen molar-refractivity contribution < 1.29 is 0 Å². The van der Waals surface area contributed by atoms with E-state index in [1.165, 1.54) is 0 Å². The minimum atomic E-state index is 0.352. The average Bonchev–Trinajstić information content (AvgIpc) is 2.51. The molecule has 0 fully saturated rings. The molecule has 0 saturated heterocycles. The van der Waals surface area contributed by atoms with Crippen LogP contribution in [-0.2, 0) is 6.54 Å². The summed E-state index contributed by atoms with van der Waals surface area (Å²) in [4.78, 5) is 4.43. The van der Waals surface area contributed by atoms with Crippen molar-refractivity contribution in [1.82, 2.24) is 10.3 Å². The van der Waals surface area contributed by atoms with Gasteiger partial charge in [0, 0.05) is 18.5 Å². The topological polar surface area (TPSA) is 24.9 Å². The molecule has 0 amide bonds. The number of rotatable bonds is 5. The number of hydrogen-bond donors (Lipinski definition) is 1. The van der Waals surface area contributed by atoms with Crippen LogP contribution in [0.5, 0.6) is 0 Å². The third kappa shape index (κ3) is 3.92. The Balaban J connectivity index is 2.33. The molecule has 1 rings (SSSR count).